The fraction of sp³-hybridized carbons (Fsp3) is 0.581. The van der Waals surface area contributed by atoms with Crippen molar-refractivity contribution in [2.75, 3.05) is 11.9 Å². The van der Waals surface area contributed by atoms with E-state index in [0.717, 1.165) is 99.4 Å². The quantitative estimate of drug-likeness (QED) is 0.472. The van der Waals surface area contributed by atoms with Crippen LogP contribution in [0.4, 0.5) is 11.5 Å². The zero-order chi connectivity index (χ0) is 27.9. The minimum Gasteiger partial charge on any atom is -0.335 e. The fourth-order valence-corrected chi connectivity index (χ4v) is 9.85. The maximum atomic E-state index is 14.0. The van der Waals surface area contributed by atoms with Gasteiger partial charge in [0.15, 0.2) is 0 Å². The van der Waals surface area contributed by atoms with Gasteiger partial charge < -0.3 is 10.6 Å². The van der Waals surface area contributed by atoms with E-state index in [2.05, 4.69) is 25.5 Å². The first-order valence-electron chi connectivity index (χ1n) is 15.3. The lowest BCUT2D eigenvalue weighted by Gasteiger charge is -2.37. The second-order valence-electron chi connectivity index (χ2n) is 12.9. The number of carbonyl (C=O) groups excluding carboxylic acids is 2. The molecule has 0 radical (unpaired) electrons. The van der Waals surface area contributed by atoms with Crippen molar-refractivity contribution in [1.29, 1.82) is 0 Å². The van der Waals surface area contributed by atoms with Gasteiger partial charge in [-0.3, -0.25) is 23.9 Å². The summed E-state index contributed by atoms with van der Waals surface area (Å²) in [6, 6.07) is 2.69. The highest BCUT2D eigenvalue weighted by molar-refractivity contribution is 7.19. The molecular formula is C31H36N6O3S. The molecule has 2 N–H and O–H groups in total. The lowest BCUT2D eigenvalue weighted by molar-refractivity contribution is -0.123. The Morgan fingerprint density at radius 1 is 1.05 bits per heavy atom. The normalized spacial score (nSPS) is 26.8. The van der Waals surface area contributed by atoms with E-state index >= 15 is 0 Å². The predicted molar refractivity (Wildman–Crippen MR) is 158 cm³/mol. The first-order chi connectivity index (χ1) is 19.9. The van der Waals surface area contributed by atoms with Crippen molar-refractivity contribution >= 4 is 44.7 Å². The van der Waals surface area contributed by atoms with Crippen LogP contribution in [0, 0.1) is 12.8 Å². The zero-order valence-electron chi connectivity index (χ0n) is 23.5. The number of nitrogens with one attached hydrogen (secondary N) is 2. The molecule has 2 saturated heterocycles. The number of carbonyl (C=O) groups is 2. The van der Waals surface area contributed by atoms with E-state index < -0.39 is 5.66 Å². The molecule has 2 unspecified atom stereocenters. The lowest BCUT2D eigenvalue weighted by atomic mass is 9.86. The van der Waals surface area contributed by atoms with Gasteiger partial charge in [-0.25, -0.2) is 9.97 Å². The van der Waals surface area contributed by atoms with Gasteiger partial charge in [-0.15, -0.1) is 11.3 Å². The highest BCUT2D eigenvalue weighted by Gasteiger charge is 2.45. The molecule has 3 aliphatic heterocycles. The van der Waals surface area contributed by atoms with Crippen LogP contribution < -0.4 is 16.2 Å². The van der Waals surface area contributed by atoms with Gasteiger partial charge in [-0.1, -0.05) is 6.42 Å². The van der Waals surface area contributed by atoms with E-state index in [1.54, 1.807) is 28.3 Å². The van der Waals surface area contributed by atoms with Crippen LogP contribution in [0.25, 0.3) is 10.2 Å². The maximum absolute atomic E-state index is 14.0. The average Bonchev–Trinajstić information content (AvgIpc) is 3.54. The number of pyridine rings is 1. The summed E-state index contributed by atoms with van der Waals surface area (Å²) in [5.41, 5.74) is 2.25. The molecule has 8 rings (SSSR count). The van der Waals surface area contributed by atoms with Crippen LogP contribution >= 0.6 is 11.3 Å². The molecule has 3 aromatic rings. The first kappa shape index (κ1) is 25.6. The molecule has 1 amide bonds. The van der Waals surface area contributed by atoms with Crippen molar-refractivity contribution in [3.63, 3.8) is 0 Å². The highest BCUT2D eigenvalue weighted by atomic mass is 32.1. The Balaban J connectivity index is 1.10. The number of Topliss-reactive ketones (excluding diaryl/α,β-unsaturated/α-hetero) is 1. The molecule has 1 spiro atoms. The molecule has 6 heterocycles. The van der Waals surface area contributed by atoms with Gasteiger partial charge in [-0.2, -0.15) is 0 Å². The summed E-state index contributed by atoms with van der Waals surface area (Å²) in [6.07, 6.45) is 13.1. The van der Waals surface area contributed by atoms with Crippen LogP contribution in [-0.4, -0.2) is 49.8 Å². The number of anilines is 2. The van der Waals surface area contributed by atoms with Crippen LogP contribution in [0.1, 0.15) is 90.7 Å². The third kappa shape index (κ3) is 4.00. The van der Waals surface area contributed by atoms with E-state index in [-0.39, 0.29) is 11.5 Å². The summed E-state index contributed by atoms with van der Waals surface area (Å²) in [7, 11) is 0. The molecule has 3 fully saturated rings. The number of fused-ring (bicyclic) bond motifs is 7. The fourth-order valence-electron chi connectivity index (χ4n) is 8.55. The number of amides is 1. The summed E-state index contributed by atoms with van der Waals surface area (Å²) in [5.74, 6) is 1.54. The van der Waals surface area contributed by atoms with Crippen molar-refractivity contribution in [3.8, 4) is 0 Å². The Morgan fingerprint density at radius 2 is 1.83 bits per heavy atom. The third-order valence-electron chi connectivity index (χ3n) is 10.4. The molecular weight excluding hydrogens is 536 g/mol. The monoisotopic (exact) mass is 572 g/mol. The molecule has 41 heavy (non-hydrogen) atoms. The van der Waals surface area contributed by atoms with Crippen molar-refractivity contribution in [3.05, 3.63) is 44.4 Å². The van der Waals surface area contributed by atoms with E-state index in [1.807, 2.05) is 6.92 Å². The Labute approximate surface area is 242 Å². The molecule has 2 aliphatic carbocycles. The zero-order valence-corrected chi connectivity index (χ0v) is 24.3. The SMILES string of the molecule is Cc1cc(Nc2ncnc3sc4c(c23)CC[C@H](CN2C3CCC2CC(=O)C3)C4)c(=O)n2c1C(=O)NC21CCCCC1. The standard InChI is InChI=1S/C31H36N6O3S/c1-17-11-23(30(40)37-26(17)28(39)35-31(37)9-3-2-4-10-31)34-27-25-22-8-5-18(12-24(22)41-29(25)33-16-32-27)15-36-19-6-7-20(36)14-21(38)13-19/h11,16,18-20H,2-10,12-15H2,1H3,(H,35,39)(H,32,33,34)/t18-,19?,20?/m0/s1. The summed E-state index contributed by atoms with van der Waals surface area (Å²) >= 11 is 1.75. The number of ketones is 1. The number of thiophene rings is 1. The molecule has 10 heteroatoms. The van der Waals surface area contributed by atoms with Gasteiger partial charge in [0, 0.05) is 36.3 Å². The first-order valence-corrected chi connectivity index (χ1v) is 16.1. The third-order valence-corrected chi connectivity index (χ3v) is 11.6. The van der Waals surface area contributed by atoms with Gasteiger partial charge in [-0.05, 0) is 87.8 Å². The van der Waals surface area contributed by atoms with Crippen LogP contribution in [0.15, 0.2) is 17.2 Å². The van der Waals surface area contributed by atoms with Gasteiger partial charge in [0.05, 0.1) is 5.39 Å². The van der Waals surface area contributed by atoms with Crippen LogP contribution in [0.3, 0.4) is 0 Å². The van der Waals surface area contributed by atoms with Crippen molar-refractivity contribution in [2.45, 2.75) is 102 Å². The Kier molecular flexibility index (Phi) is 5.90. The highest BCUT2D eigenvalue weighted by Crippen LogP contribution is 2.43. The largest absolute Gasteiger partial charge is 0.335 e. The molecule has 1 saturated carbocycles. The Hall–Kier alpha value is -3.11. The van der Waals surface area contributed by atoms with Crippen molar-refractivity contribution < 1.29 is 9.59 Å². The second-order valence-corrected chi connectivity index (χ2v) is 14.0. The number of aryl methyl sites for hydroxylation is 2. The Morgan fingerprint density at radius 3 is 2.61 bits per heavy atom. The second kappa shape index (κ2) is 9.46. The smallest absolute Gasteiger partial charge is 0.276 e. The van der Waals surface area contributed by atoms with Crippen LogP contribution in [0.2, 0.25) is 0 Å². The summed E-state index contributed by atoms with van der Waals surface area (Å²) in [5, 5.41) is 7.60. The van der Waals surface area contributed by atoms with Crippen LogP contribution in [-0.2, 0) is 23.3 Å². The maximum Gasteiger partial charge on any atom is 0.276 e. The molecule has 5 aliphatic rings. The summed E-state index contributed by atoms with van der Waals surface area (Å²) < 4.78 is 1.74. The number of hydrogen-bond donors (Lipinski definition) is 2. The van der Waals surface area contributed by atoms with E-state index in [1.165, 1.54) is 10.4 Å². The van der Waals surface area contributed by atoms with Gasteiger partial charge >= 0.3 is 0 Å². The molecule has 3 atom stereocenters. The predicted octanol–water partition coefficient (Wildman–Crippen LogP) is 4.57. The van der Waals surface area contributed by atoms with E-state index in [9.17, 15) is 14.4 Å². The summed E-state index contributed by atoms with van der Waals surface area (Å²) in [6.45, 7) is 2.98. The number of hydrogen-bond acceptors (Lipinski definition) is 8. The Bertz CT molecular complexity index is 1640. The molecule has 2 bridgehead atoms. The molecule has 3 aromatic heterocycles. The van der Waals surface area contributed by atoms with Gasteiger partial charge in [0.1, 0.15) is 39.8 Å². The number of piperidine rings is 1. The van der Waals surface area contributed by atoms with E-state index in [0.29, 0.717) is 41.0 Å². The van der Waals surface area contributed by atoms with E-state index in [4.69, 9.17) is 0 Å². The lowest BCUT2D eigenvalue weighted by Crippen LogP contribution is -2.48. The molecule has 9 nitrogen and oxygen atoms in total. The minimum atomic E-state index is -0.622. The minimum absolute atomic E-state index is 0.150. The number of rotatable bonds is 4. The topological polar surface area (TPSA) is 109 Å². The number of nitrogens with zero attached hydrogens (tertiary/aromatic N) is 4. The van der Waals surface area contributed by atoms with Crippen LogP contribution in [0.5, 0.6) is 0 Å². The summed E-state index contributed by atoms with van der Waals surface area (Å²) in [4.78, 5) is 53.2. The number of aromatic nitrogens is 3. The van der Waals surface area contributed by atoms with Crippen molar-refractivity contribution in [1.82, 2.24) is 24.8 Å². The van der Waals surface area contributed by atoms with Gasteiger partial charge in [0.2, 0.25) is 0 Å². The molecule has 0 aromatic carbocycles. The van der Waals surface area contributed by atoms with Crippen molar-refractivity contribution in [2.24, 2.45) is 5.92 Å². The molecule has 214 valence electrons. The van der Waals surface area contributed by atoms with Gasteiger partial charge in [0.25, 0.3) is 11.5 Å². The average molecular weight is 573 g/mol.